The van der Waals surface area contributed by atoms with E-state index in [4.69, 9.17) is 21.6 Å². The number of esters is 1. The molecule has 5 heteroatoms. The van der Waals surface area contributed by atoms with E-state index < -0.39 is 5.97 Å². The number of hydrogen-bond acceptors (Lipinski definition) is 4. The van der Waals surface area contributed by atoms with Gasteiger partial charge >= 0.3 is 5.97 Å². The quantitative estimate of drug-likeness (QED) is 0.187. The Morgan fingerprint density at radius 2 is 1.67 bits per heavy atom. The molecule has 0 saturated heterocycles. The van der Waals surface area contributed by atoms with Crippen LogP contribution in [0.5, 0.6) is 5.75 Å². The van der Waals surface area contributed by atoms with Crippen LogP contribution >= 0.6 is 11.6 Å². The molecule has 1 atom stereocenters. The molecule has 2 rings (SSSR count). The zero-order valence-corrected chi connectivity index (χ0v) is 16.0. The third-order valence-electron chi connectivity index (χ3n) is 4.16. The van der Waals surface area contributed by atoms with Crippen molar-refractivity contribution in [2.24, 2.45) is 0 Å². The fourth-order valence-electron chi connectivity index (χ4n) is 2.59. The SMILES string of the molecule is CCCCCC(Cl)CC(=O)c1ccc(OC(=O)c2ccc(C#N)cc2)cc1. The summed E-state index contributed by atoms with van der Waals surface area (Å²) in [5, 5.41) is 8.62. The Balaban J connectivity index is 1.91. The Morgan fingerprint density at radius 1 is 1.04 bits per heavy atom. The summed E-state index contributed by atoms with van der Waals surface area (Å²) in [7, 11) is 0. The van der Waals surface area contributed by atoms with Gasteiger partial charge in [0.15, 0.2) is 5.78 Å². The van der Waals surface area contributed by atoms with Crippen LogP contribution in [0.25, 0.3) is 0 Å². The van der Waals surface area contributed by atoms with Gasteiger partial charge in [-0.15, -0.1) is 11.6 Å². The van der Waals surface area contributed by atoms with Crippen LogP contribution in [0.4, 0.5) is 0 Å². The molecule has 27 heavy (non-hydrogen) atoms. The van der Waals surface area contributed by atoms with Crippen molar-refractivity contribution in [3.8, 4) is 11.8 Å². The van der Waals surface area contributed by atoms with Gasteiger partial charge in [-0.25, -0.2) is 4.79 Å². The highest BCUT2D eigenvalue weighted by Gasteiger charge is 2.14. The minimum atomic E-state index is -0.518. The number of Topliss-reactive ketones (excluding diaryl/α,β-unsaturated/α-hetero) is 1. The summed E-state index contributed by atoms with van der Waals surface area (Å²) < 4.78 is 5.30. The summed E-state index contributed by atoms with van der Waals surface area (Å²) >= 11 is 6.24. The number of hydrogen-bond donors (Lipinski definition) is 0. The fourth-order valence-corrected chi connectivity index (χ4v) is 2.89. The minimum Gasteiger partial charge on any atom is -0.423 e. The number of nitrogens with zero attached hydrogens (tertiary/aromatic N) is 1. The molecule has 0 bridgehead atoms. The molecular weight excluding hydrogens is 362 g/mol. The van der Waals surface area contributed by atoms with Gasteiger partial charge in [0.2, 0.25) is 0 Å². The summed E-state index contributed by atoms with van der Waals surface area (Å²) in [5.41, 5.74) is 1.38. The number of carbonyl (C=O) groups is 2. The van der Waals surface area contributed by atoms with Crippen molar-refractivity contribution < 1.29 is 14.3 Å². The number of ether oxygens (including phenoxy) is 1. The Kier molecular flexibility index (Phi) is 8.03. The van der Waals surface area contributed by atoms with Crippen LogP contribution in [-0.4, -0.2) is 17.1 Å². The van der Waals surface area contributed by atoms with Crippen LogP contribution in [0, 0.1) is 11.3 Å². The van der Waals surface area contributed by atoms with Gasteiger partial charge in [-0.2, -0.15) is 5.26 Å². The topological polar surface area (TPSA) is 67.2 Å². The normalized spacial score (nSPS) is 11.4. The smallest absolute Gasteiger partial charge is 0.343 e. The minimum absolute atomic E-state index is 0.0172. The molecule has 0 saturated carbocycles. The molecule has 0 N–H and O–H groups in total. The van der Waals surface area contributed by atoms with E-state index in [2.05, 4.69) is 6.92 Å². The molecule has 0 spiro atoms. The zero-order chi connectivity index (χ0) is 19.6. The number of alkyl halides is 1. The lowest BCUT2D eigenvalue weighted by atomic mass is 10.0. The molecule has 0 fully saturated rings. The lowest BCUT2D eigenvalue weighted by Gasteiger charge is -2.09. The Hall–Kier alpha value is -2.64. The van der Waals surface area contributed by atoms with E-state index in [1.807, 2.05) is 6.07 Å². The summed E-state index contributed by atoms with van der Waals surface area (Å²) in [6.07, 6.45) is 4.41. The maximum atomic E-state index is 12.3. The second-order valence-corrected chi connectivity index (χ2v) is 6.94. The number of nitriles is 1. The number of carbonyl (C=O) groups excluding carboxylic acids is 2. The maximum Gasteiger partial charge on any atom is 0.343 e. The average Bonchev–Trinajstić information content (AvgIpc) is 2.68. The van der Waals surface area contributed by atoms with Gasteiger partial charge in [0.05, 0.1) is 17.2 Å². The Labute approximate surface area is 164 Å². The molecule has 0 aliphatic carbocycles. The molecule has 0 heterocycles. The summed E-state index contributed by atoms with van der Waals surface area (Å²) in [6.45, 7) is 2.13. The molecule has 0 aromatic heterocycles. The first-order chi connectivity index (χ1) is 13.0. The van der Waals surface area contributed by atoms with Crippen molar-refractivity contribution in [2.75, 3.05) is 0 Å². The van der Waals surface area contributed by atoms with Gasteiger partial charge in [0.1, 0.15) is 5.75 Å². The lowest BCUT2D eigenvalue weighted by molar-refractivity contribution is 0.0734. The van der Waals surface area contributed by atoms with E-state index in [1.54, 1.807) is 36.4 Å². The predicted molar refractivity (Wildman–Crippen MR) is 105 cm³/mol. The van der Waals surface area contributed by atoms with Crippen molar-refractivity contribution in [3.05, 3.63) is 65.2 Å². The summed E-state index contributed by atoms with van der Waals surface area (Å²) in [6, 6.07) is 14.6. The first-order valence-electron chi connectivity index (χ1n) is 9.03. The Bertz CT molecular complexity index is 807. The molecule has 0 aliphatic rings. The standard InChI is InChI=1S/C22H22ClNO3/c1-2-3-4-5-19(23)14-21(25)17-10-12-20(13-11-17)27-22(26)18-8-6-16(15-24)7-9-18/h6-13,19H,2-5,14H2,1H3. The Morgan fingerprint density at radius 3 is 2.26 bits per heavy atom. The third kappa shape index (κ3) is 6.54. The molecule has 4 nitrogen and oxygen atoms in total. The van der Waals surface area contributed by atoms with Crippen molar-refractivity contribution in [2.45, 2.75) is 44.4 Å². The van der Waals surface area contributed by atoms with Crippen LogP contribution in [0.3, 0.4) is 0 Å². The number of rotatable bonds is 9. The van der Waals surface area contributed by atoms with Crippen molar-refractivity contribution >= 4 is 23.4 Å². The van der Waals surface area contributed by atoms with Gasteiger partial charge in [-0.3, -0.25) is 4.79 Å². The highest BCUT2D eigenvalue weighted by Crippen LogP contribution is 2.19. The van der Waals surface area contributed by atoms with Crippen LogP contribution in [-0.2, 0) is 0 Å². The second-order valence-electron chi connectivity index (χ2n) is 6.32. The second kappa shape index (κ2) is 10.5. The summed E-state index contributed by atoms with van der Waals surface area (Å²) in [5.74, 6) is -0.182. The number of unbranched alkanes of at least 4 members (excludes halogenated alkanes) is 2. The molecule has 0 aliphatic heterocycles. The van der Waals surface area contributed by atoms with E-state index in [0.717, 1.165) is 25.7 Å². The van der Waals surface area contributed by atoms with Gasteiger partial charge < -0.3 is 4.74 Å². The van der Waals surface area contributed by atoms with E-state index in [-0.39, 0.29) is 11.2 Å². The monoisotopic (exact) mass is 383 g/mol. The van der Waals surface area contributed by atoms with Crippen LogP contribution < -0.4 is 4.74 Å². The van der Waals surface area contributed by atoms with E-state index in [0.29, 0.717) is 28.9 Å². The van der Waals surface area contributed by atoms with E-state index in [9.17, 15) is 9.59 Å². The van der Waals surface area contributed by atoms with Crippen LogP contribution in [0.1, 0.15) is 65.3 Å². The predicted octanol–water partition coefficient (Wildman–Crippen LogP) is 5.54. The van der Waals surface area contributed by atoms with Crippen molar-refractivity contribution in [1.29, 1.82) is 5.26 Å². The van der Waals surface area contributed by atoms with Crippen LogP contribution in [0.2, 0.25) is 0 Å². The highest BCUT2D eigenvalue weighted by atomic mass is 35.5. The molecule has 2 aromatic rings. The summed E-state index contributed by atoms with van der Waals surface area (Å²) in [4.78, 5) is 24.4. The lowest BCUT2D eigenvalue weighted by Crippen LogP contribution is -2.10. The van der Waals surface area contributed by atoms with Gasteiger partial charge in [-0.1, -0.05) is 26.2 Å². The number of benzene rings is 2. The maximum absolute atomic E-state index is 12.3. The van der Waals surface area contributed by atoms with Crippen molar-refractivity contribution in [3.63, 3.8) is 0 Å². The fraction of sp³-hybridized carbons (Fsp3) is 0.318. The van der Waals surface area contributed by atoms with E-state index in [1.165, 1.54) is 12.1 Å². The first-order valence-corrected chi connectivity index (χ1v) is 9.46. The molecular formula is C22H22ClNO3. The van der Waals surface area contributed by atoms with Gasteiger partial charge in [-0.05, 0) is 55.0 Å². The zero-order valence-electron chi connectivity index (χ0n) is 15.3. The molecule has 1 unspecified atom stereocenters. The molecule has 2 aromatic carbocycles. The molecule has 0 amide bonds. The van der Waals surface area contributed by atoms with E-state index >= 15 is 0 Å². The molecule has 140 valence electrons. The molecule has 0 radical (unpaired) electrons. The third-order valence-corrected chi connectivity index (χ3v) is 4.54. The van der Waals surface area contributed by atoms with Crippen molar-refractivity contribution in [1.82, 2.24) is 0 Å². The largest absolute Gasteiger partial charge is 0.423 e. The highest BCUT2D eigenvalue weighted by molar-refractivity contribution is 6.22. The van der Waals surface area contributed by atoms with Crippen LogP contribution in [0.15, 0.2) is 48.5 Å². The van der Waals surface area contributed by atoms with Gasteiger partial charge in [0.25, 0.3) is 0 Å². The number of halogens is 1. The number of ketones is 1. The van der Waals surface area contributed by atoms with Gasteiger partial charge in [0, 0.05) is 17.4 Å². The first kappa shape index (κ1) is 20.7. The average molecular weight is 384 g/mol.